The van der Waals surface area contributed by atoms with Gasteiger partial charge in [-0.15, -0.1) is 11.3 Å². The molecule has 0 fully saturated rings. The van der Waals surface area contributed by atoms with E-state index in [0.717, 1.165) is 17.1 Å². The number of rotatable bonds is 5. The quantitative estimate of drug-likeness (QED) is 0.166. The van der Waals surface area contributed by atoms with Gasteiger partial charge in [0, 0.05) is 48.1 Å². The van der Waals surface area contributed by atoms with Crippen LogP contribution >= 0.6 is 11.3 Å². The Morgan fingerprint density at radius 2 is 0.725 bits per heavy atom. The van der Waals surface area contributed by atoms with Crippen LogP contribution in [0.2, 0.25) is 0 Å². The van der Waals surface area contributed by atoms with Gasteiger partial charge in [0.15, 0.2) is 0 Å². The third kappa shape index (κ3) is 5.64. The summed E-state index contributed by atoms with van der Waals surface area (Å²) in [6.07, 6.45) is 0. The molecule has 0 amide bonds. The highest BCUT2D eigenvalue weighted by atomic mass is 32.1. The van der Waals surface area contributed by atoms with E-state index in [4.69, 9.17) is 0 Å². The van der Waals surface area contributed by atoms with Crippen LogP contribution in [0.5, 0.6) is 0 Å². The van der Waals surface area contributed by atoms with E-state index >= 15 is 0 Å². The van der Waals surface area contributed by atoms with E-state index in [9.17, 15) is 0 Å². The summed E-state index contributed by atoms with van der Waals surface area (Å²) in [7, 11) is 0. The van der Waals surface area contributed by atoms with E-state index in [1.807, 2.05) is 11.3 Å². The fourth-order valence-electron chi connectivity index (χ4n) is 12.8. The van der Waals surface area contributed by atoms with Crippen LogP contribution < -0.4 is 4.90 Å². The smallest absolute Gasteiger partial charge is 0.0719 e. The highest BCUT2D eigenvalue weighted by Crippen LogP contribution is 2.62. The van der Waals surface area contributed by atoms with Gasteiger partial charge in [-0.2, -0.15) is 0 Å². The van der Waals surface area contributed by atoms with Crippen LogP contribution in [0.15, 0.2) is 224 Å². The summed E-state index contributed by atoms with van der Waals surface area (Å²) < 4.78 is 2.58. The highest BCUT2D eigenvalue weighted by Gasteiger charge is 2.53. The number of thiophene rings is 1. The van der Waals surface area contributed by atoms with E-state index in [1.54, 1.807) is 0 Å². The van der Waals surface area contributed by atoms with Crippen LogP contribution in [0.25, 0.3) is 64.7 Å². The third-order valence-electron chi connectivity index (χ3n) is 16.2. The molecule has 0 N–H and O–H groups in total. The predicted octanol–water partition coefficient (Wildman–Crippen LogP) is 18.2. The maximum atomic E-state index is 2.52. The van der Waals surface area contributed by atoms with Gasteiger partial charge >= 0.3 is 0 Å². The average molecular weight is 900 g/mol. The summed E-state index contributed by atoms with van der Waals surface area (Å²) in [5.41, 5.74) is 24.0. The van der Waals surface area contributed by atoms with Crippen LogP contribution in [-0.4, -0.2) is 0 Å². The Morgan fingerprint density at radius 3 is 1.43 bits per heavy atom. The minimum Gasteiger partial charge on any atom is -0.310 e. The standard InChI is InChI=1S/C67H49NS/c1-65(2)55-20-10-8-18-49(55)51-35-32-48(41-61(51)65)68(46-30-26-43(27-31-46)42-16-6-5-7-17-42)47-33-37-64-54(40-47)53-38-44(29-36-63(53)69-64)45-28-34-52-50-19-9-11-21-56(50)67(62(52)39-45)59-24-14-12-22-57(59)66(3,4)58-23-13-15-25-60(58)67/h5-41H,1-4H3. The van der Waals surface area contributed by atoms with Gasteiger partial charge in [0.2, 0.25) is 0 Å². The lowest BCUT2D eigenvalue weighted by molar-refractivity contribution is 0.563. The summed E-state index contributed by atoms with van der Waals surface area (Å²) in [5.74, 6) is 0. The molecule has 3 aliphatic rings. The van der Waals surface area contributed by atoms with Gasteiger partial charge in [-0.25, -0.2) is 0 Å². The van der Waals surface area contributed by atoms with Gasteiger partial charge < -0.3 is 4.90 Å². The molecule has 1 nitrogen and oxygen atoms in total. The zero-order valence-electron chi connectivity index (χ0n) is 39.2. The average Bonchev–Trinajstić information content (AvgIpc) is 3.99. The van der Waals surface area contributed by atoms with E-state index in [1.165, 1.54) is 109 Å². The van der Waals surface area contributed by atoms with Gasteiger partial charge in [0.05, 0.1) is 5.41 Å². The maximum absolute atomic E-state index is 2.52. The van der Waals surface area contributed by atoms with Crippen molar-refractivity contribution in [1.29, 1.82) is 0 Å². The minimum absolute atomic E-state index is 0.116. The summed E-state index contributed by atoms with van der Waals surface area (Å²) in [6.45, 7) is 9.53. The molecule has 0 unspecified atom stereocenters. The SMILES string of the molecule is CC1(C)c2ccccc2-c2ccc(N(c3ccc(-c4ccccc4)cc3)c3ccc4sc5ccc(-c6ccc7c(c6)C6(c8ccccc8-7)c7ccccc7C(C)(C)c7ccccc76)cc5c4c3)cc21. The molecule has 0 atom stereocenters. The molecule has 1 heterocycles. The highest BCUT2D eigenvalue weighted by molar-refractivity contribution is 7.25. The Kier molecular flexibility index (Phi) is 8.54. The first-order chi connectivity index (χ1) is 33.7. The lowest BCUT2D eigenvalue weighted by atomic mass is 9.55. The lowest BCUT2D eigenvalue weighted by Crippen LogP contribution is -2.40. The Labute approximate surface area is 408 Å². The number of benzene rings is 10. The maximum Gasteiger partial charge on any atom is 0.0719 e. The molecule has 1 aromatic heterocycles. The molecular formula is C67H49NS. The number of anilines is 3. The molecule has 1 spiro atoms. The van der Waals surface area contributed by atoms with Crippen LogP contribution in [0.4, 0.5) is 17.1 Å². The van der Waals surface area contributed by atoms with Gasteiger partial charge in [-0.05, 0) is 150 Å². The molecule has 0 aliphatic heterocycles. The van der Waals surface area contributed by atoms with Crippen LogP contribution in [0.1, 0.15) is 72.2 Å². The van der Waals surface area contributed by atoms with E-state index in [2.05, 4.69) is 257 Å². The number of hydrogen-bond donors (Lipinski definition) is 0. The van der Waals surface area contributed by atoms with Crippen molar-refractivity contribution in [3.8, 4) is 44.5 Å². The molecule has 11 aromatic rings. The first-order valence-corrected chi connectivity index (χ1v) is 25.1. The van der Waals surface area contributed by atoms with E-state index in [0.29, 0.717) is 0 Å². The molecule has 3 aliphatic carbocycles. The van der Waals surface area contributed by atoms with Crippen LogP contribution in [-0.2, 0) is 16.2 Å². The molecule has 10 aromatic carbocycles. The lowest BCUT2D eigenvalue weighted by Gasteiger charge is -2.46. The topological polar surface area (TPSA) is 3.24 Å². The Bertz CT molecular complexity index is 3860. The molecule has 0 bridgehead atoms. The summed E-state index contributed by atoms with van der Waals surface area (Å²) >= 11 is 1.88. The first kappa shape index (κ1) is 40.3. The van der Waals surface area contributed by atoms with Crippen molar-refractivity contribution < 1.29 is 0 Å². The number of fused-ring (bicyclic) bond motifs is 15. The summed E-state index contributed by atoms with van der Waals surface area (Å²) in [6, 6.07) is 84.9. The first-order valence-electron chi connectivity index (χ1n) is 24.3. The molecule has 14 rings (SSSR count). The molecule has 0 saturated carbocycles. The largest absolute Gasteiger partial charge is 0.310 e. The molecule has 0 saturated heterocycles. The molecular weight excluding hydrogens is 851 g/mol. The fourth-order valence-corrected chi connectivity index (χ4v) is 13.9. The van der Waals surface area contributed by atoms with Crippen molar-refractivity contribution >= 4 is 48.6 Å². The molecule has 0 radical (unpaired) electrons. The van der Waals surface area contributed by atoms with Crippen molar-refractivity contribution in [2.45, 2.75) is 43.9 Å². The molecule has 328 valence electrons. The fraction of sp³-hybridized carbons (Fsp3) is 0.104. The summed E-state index contributed by atoms with van der Waals surface area (Å²) in [4.78, 5) is 2.46. The number of nitrogens with zero attached hydrogens (tertiary/aromatic N) is 1. The van der Waals surface area contributed by atoms with E-state index in [-0.39, 0.29) is 10.8 Å². The van der Waals surface area contributed by atoms with Crippen molar-refractivity contribution in [2.24, 2.45) is 0 Å². The normalized spacial score (nSPS) is 15.0. The van der Waals surface area contributed by atoms with Gasteiger partial charge in [0.1, 0.15) is 0 Å². The Morgan fingerprint density at radius 1 is 0.290 bits per heavy atom. The zero-order chi connectivity index (χ0) is 46.2. The van der Waals surface area contributed by atoms with Crippen LogP contribution in [0.3, 0.4) is 0 Å². The van der Waals surface area contributed by atoms with Crippen molar-refractivity contribution in [3.63, 3.8) is 0 Å². The summed E-state index contributed by atoms with van der Waals surface area (Å²) in [5, 5.41) is 2.56. The Hall–Kier alpha value is -7.78. The monoisotopic (exact) mass is 899 g/mol. The van der Waals surface area contributed by atoms with Gasteiger partial charge in [-0.1, -0.05) is 191 Å². The second kappa shape index (κ2) is 14.6. The molecule has 69 heavy (non-hydrogen) atoms. The number of hydrogen-bond acceptors (Lipinski definition) is 2. The molecule has 2 heteroatoms. The van der Waals surface area contributed by atoms with Crippen molar-refractivity contribution in [1.82, 2.24) is 0 Å². The van der Waals surface area contributed by atoms with Gasteiger partial charge in [-0.3, -0.25) is 0 Å². The third-order valence-corrected chi connectivity index (χ3v) is 17.3. The van der Waals surface area contributed by atoms with Gasteiger partial charge in [0.25, 0.3) is 0 Å². The van der Waals surface area contributed by atoms with Crippen molar-refractivity contribution in [3.05, 3.63) is 269 Å². The van der Waals surface area contributed by atoms with E-state index < -0.39 is 5.41 Å². The van der Waals surface area contributed by atoms with Crippen molar-refractivity contribution in [2.75, 3.05) is 4.90 Å². The second-order valence-corrected chi connectivity index (χ2v) is 21.5. The minimum atomic E-state index is -0.433. The predicted molar refractivity (Wildman–Crippen MR) is 292 cm³/mol. The zero-order valence-corrected chi connectivity index (χ0v) is 40.0. The Balaban J connectivity index is 0.929. The second-order valence-electron chi connectivity index (χ2n) is 20.4. The van der Waals surface area contributed by atoms with Crippen LogP contribution in [0, 0.1) is 0 Å².